The number of aromatic nitrogens is 1. The van der Waals surface area contributed by atoms with Gasteiger partial charge in [0.05, 0.1) is 5.69 Å². The molecule has 0 spiro atoms. The van der Waals surface area contributed by atoms with E-state index in [1.165, 1.54) is 0 Å². The van der Waals surface area contributed by atoms with Crippen LogP contribution in [0.3, 0.4) is 0 Å². The first-order valence-corrected chi connectivity index (χ1v) is 7.49. The van der Waals surface area contributed by atoms with E-state index in [0.29, 0.717) is 23.4 Å². The molecule has 112 valence electrons. The van der Waals surface area contributed by atoms with Gasteiger partial charge in [-0.2, -0.15) is 0 Å². The summed E-state index contributed by atoms with van der Waals surface area (Å²) in [6.07, 6.45) is 2.42. The Morgan fingerprint density at radius 3 is 2.29 bits per heavy atom. The van der Waals surface area contributed by atoms with E-state index in [1.54, 1.807) is 6.92 Å². The highest BCUT2D eigenvalue weighted by molar-refractivity contribution is 6.06. The molecule has 1 N–H and O–H groups in total. The standard InChI is InChI=1S/C17H22N2O2/c1-5-12-9-8-10-13(6-2)16(12)18-17(20)15-11(4)19-21-14(15)7-3/h8-10H,5-7H2,1-4H3,(H,18,20). The van der Waals surface area contributed by atoms with Crippen molar-refractivity contribution in [3.8, 4) is 0 Å². The molecule has 0 atom stereocenters. The number of carbonyl (C=O) groups is 1. The van der Waals surface area contributed by atoms with Gasteiger partial charge >= 0.3 is 0 Å². The van der Waals surface area contributed by atoms with E-state index in [0.717, 1.165) is 29.7 Å². The summed E-state index contributed by atoms with van der Waals surface area (Å²) in [5.41, 5.74) is 4.42. The normalized spacial score (nSPS) is 10.7. The summed E-state index contributed by atoms with van der Waals surface area (Å²) < 4.78 is 5.21. The zero-order chi connectivity index (χ0) is 15.4. The fourth-order valence-corrected chi connectivity index (χ4v) is 2.53. The molecule has 1 amide bonds. The van der Waals surface area contributed by atoms with E-state index in [2.05, 4.69) is 36.5 Å². The highest BCUT2D eigenvalue weighted by atomic mass is 16.5. The number of carbonyl (C=O) groups excluding carboxylic acids is 1. The third-order valence-corrected chi connectivity index (χ3v) is 3.72. The van der Waals surface area contributed by atoms with Crippen LogP contribution in [0, 0.1) is 6.92 Å². The second kappa shape index (κ2) is 6.57. The Morgan fingerprint density at radius 2 is 1.76 bits per heavy atom. The highest BCUT2D eigenvalue weighted by Gasteiger charge is 2.20. The largest absolute Gasteiger partial charge is 0.360 e. The Balaban J connectivity index is 2.38. The fourth-order valence-electron chi connectivity index (χ4n) is 2.53. The number of hydrogen-bond acceptors (Lipinski definition) is 3. The summed E-state index contributed by atoms with van der Waals surface area (Å²) >= 11 is 0. The molecular weight excluding hydrogens is 264 g/mol. The van der Waals surface area contributed by atoms with Crippen molar-refractivity contribution in [2.75, 3.05) is 5.32 Å². The molecule has 0 unspecified atom stereocenters. The van der Waals surface area contributed by atoms with E-state index in [-0.39, 0.29) is 5.91 Å². The molecule has 4 nitrogen and oxygen atoms in total. The van der Waals surface area contributed by atoms with Crippen LogP contribution in [0.15, 0.2) is 22.7 Å². The minimum Gasteiger partial charge on any atom is -0.360 e. The Morgan fingerprint density at radius 1 is 1.14 bits per heavy atom. The van der Waals surface area contributed by atoms with Crippen molar-refractivity contribution in [2.45, 2.75) is 47.0 Å². The molecular formula is C17H22N2O2. The zero-order valence-corrected chi connectivity index (χ0v) is 13.1. The van der Waals surface area contributed by atoms with Gasteiger partial charge in [-0.15, -0.1) is 0 Å². The summed E-state index contributed by atoms with van der Waals surface area (Å²) in [6.45, 7) is 7.93. The molecule has 4 heteroatoms. The maximum atomic E-state index is 12.6. The summed E-state index contributed by atoms with van der Waals surface area (Å²) in [6, 6.07) is 6.14. The molecule has 2 rings (SSSR count). The first-order chi connectivity index (χ1) is 10.1. The average Bonchev–Trinajstić information content (AvgIpc) is 2.88. The quantitative estimate of drug-likeness (QED) is 0.906. The second-order valence-electron chi connectivity index (χ2n) is 5.03. The number of nitrogens with zero attached hydrogens (tertiary/aromatic N) is 1. The Hall–Kier alpha value is -2.10. The van der Waals surface area contributed by atoms with Gasteiger partial charge < -0.3 is 9.84 Å². The van der Waals surface area contributed by atoms with Crippen molar-refractivity contribution in [3.05, 3.63) is 46.3 Å². The molecule has 0 aliphatic carbocycles. The Labute approximate surface area is 125 Å². The SMILES string of the molecule is CCc1cccc(CC)c1NC(=O)c1c(C)noc1CC. The lowest BCUT2D eigenvalue weighted by Gasteiger charge is -2.14. The highest BCUT2D eigenvalue weighted by Crippen LogP contribution is 2.24. The van der Waals surface area contributed by atoms with Gasteiger partial charge in [-0.25, -0.2) is 0 Å². The molecule has 0 saturated carbocycles. The predicted molar refractivity (Wildman–Crippen MR) is 83.8 cm³/mol. The van der Waals surface area contributed by atoms with E-state index in [1.807, 2.05) is 13.0 Å². The molecule has 0 aliphatic rings. The molecule has 0 radical (unpaired) electrons. The van der Waals surface area contributed by atoms with Gasteiger partial charge in [-0.3, -0.25) is 4.79 Å². The summed E-state index contributed by atoms with van der Waals surface area (Å²) in [4.78, 5) is 12.6. The molecule has 0 fully saturated rings. The van der Waals surface area contributed by atoms with Crippen LogP contribution in [-0.4, -0.2) is 11.1 Å². The summed E-state index contributed by atoms with van der Waals surface area (Å²) in [5, 5.41) is 6.96. The van der Waals surface area contributed by atoms with Crippen LogP contribution in [0.1, 0.15) is 53.7 Å². The smallest absolute Gasteiger partial charge is 0.261 e. The number of hydrogen-bond donors (Lipinski definition) is 1. The van der Waals surface area contributed by atoms with Crippen LogP contribution >= 0.6 is 0 Å². The van der Waals surface area contributed by atoms with E-state index in [9.17, 15) is 4.79 Å². The maximum absolute atomic E-state index is 12.6. The topological polar surface area (TPSA) is 55.1 Å². The fraction of sp³-hybridized carbons (Fsp3) is 0.412. The number of para-hydroxylation sites is 1. The minimum atomic E-state index is -0.138. The van der Waals surface area contributed by atoms with E-state index < -0.39 is 0 Å². The number of anilines is 1. The van der Waals surface area contributed by atoms with Crippen molar-refractivity contribution in [3.63, 3.8) is 0 Å². The number of rotatable bonds is 5. The maximum Gasteiger partial charge on any atom is 0.261 e. The lowest BCUT2D eigenvalue weighted by Crippen LogP contribution is -2.16. The van der Waals surface area contributed by atoms with Gasteiger partial charge in [0.25, 0.3) is 5.91 Å². The van der Waals surface area contributed by atoms with Crippen molar-refractivity contribution >= 4 is 11.6 Å². The van der Waals surface area contributed by atoms with Crippen LogP contribution in [0.4, 0.5) is 5.69 Å². The third kappa shape index (κ3) is 2.99. The molecule has 0 aliphatic heterocycles. The molecule has 2 aromatic rings. The monoisotopic (exact) mass is 286 g/mol. The van der Waals surface area contributed by atoms with Gasteiger partial charge in [0, 0.05) is 12.1 Å². The number of nitrogens with one attached hydrogen (secondary N) is 1. The number of amides is 1. The van der Waals surface area contributed by atoms with Crippen LogP contribution in [0.5, 0.6) is 0 Å². The van der Waals surface area contributed by atoms with Crippen molar-refractivity contribution < 1.29 is 9.32 Å². The average molecular weight is 286 g/mol. The first-order valence-electron chi connectivity index (χ1n) is 7.49. The van der Waals surface area contributed by atoms with Crippen molar-refractivity contribution in [1.29, 1.82) is 0 Å². The summed E-state index contributed by atoms with van der Waals surface area (Å²) in [7, 11) is 0. The number of benzene rings is 1. The molecule has 0 bridgehead atoms. The van der Waals surface area contributed by atoms with Crippen LogP contribution in [-0.2, 0) is 19.3 Å². The zero-order valence-electron chi connectivity index (χ0n) is 13.1. The Kier molecular flexibility index (Phi) is 4.78. The predicted octanol–water partition coefficient (Wildman–Crippen LogP) is 3.92. The van der Waals surface area contributed by atoms with Gasteiger partial charge in [-0.05, 0) is 30.9 Å². The first kappa shape index (κ1) is 15.3. The van der Waals surface area contributed by atoms with Crippen LogP contribution in [0.25, 0.3) is 0 Å². The molecule has 0 saturated heterocycles. The van der Waals surface area contributed by atoms with E-state index in [4.69, 9.17) is 4.52 Å². The van der Waals surface area contributed by atoms with Gasteiger partial charge in [0.2, 0.25) is 0 Å². The molecule has 1 heterocycles. The molecule has 1 aromatic heterocycles. The number of aryl methyl sites for hydroxylation is 4. The van der Waals surface area contributed by atoms with Crippen molar-refractivity contribution in [1.82, 2.24) is 5.16 Å². The summed E-state index contributed by atoms with van der Waals surface area (Å²) in [5.74, 6) is 0.498. The molecule has 21 heavy (non-hydrogen) atoms. The Bertz CT molecular complexity index is 622. The lowest BCUT2D eigenvalue weighted by molar-refractivity contribution is 0.102. The van der Waals surface area contributed by atoms with Gasteiger partial charge in [0.15, 0.2) is 0 Å². The van der Waals surface area contributed by atoms with Crippen molar-refractivity contribution in [2.24, 2.45) is 0 Å². The second-order valence-corrected chi connectivity index (χ2v) is 5.03. The molecule has 1 aromatic carbocycles. The lowest BCUT2D eigenvalue weighted by atomic mass is 10.0. The van der Waals surface area contributed by atoms with Crippen LogP contribution in [0.2, 0.25) is 0 Å². The van der Waals surface area contributed by atoms with Gasteiger partial charge in [0.1, 0.15) is 11.3 Å². The minimum absolute atomic E-state index is 0.138. The van der Waals surface area contributed by atoms with Crippen LogP contribution < -0.4 is 5.32 Å². The third-order valence-electron chi connectivity index (χ3n) is 3.72. The van der Waals surface area contributed by atoms with Gasteiger partial charge in [-0.1, -0.05) is 44.1 Å². The van der Waals surface area contributed by atoms with E-state index >= 15 is 0 Å².